The summed E-state index contributed by atoms with van der Waals surface area (Å²) in [6.45, 7) is 4.51. The average molecular weight is 238 g/mol. The van der Waals surface area contributed by atoms with Gasteiger partial charge in [0.1, 0.15) is 0 Å². The quantitative estimate of drug-likeness (QED) is 0.828. The Balaban J connectivity index is 3.23. The molecule has 0 saturated heterocycles. The minimum Gasteiger partial charge on any atom is -0.493 e. The van der Waals surface area contributed by atoms with Crippen LogP contribution < -0.4 is 9.47 Å². The fourth-order valence-electron chi connectivity index (χ4n) is 2.06. The molecule has 0 fully saturated rings. The number of rotatable bonds is 6. The van der Waals surface area contributed by atoms with Crippen molar-refractivity contribution in [2.75, 3.05) is 20.8 Å². The molecule has 0 bridgehead atoms. The second kappa shape index (κ2) is 6.50. The van der Waals surface area contributed by atoms with E-state index in [0.717, 1.165) is 29.9 Å². The van der Waals surface area contributed by atoms with E-state index in [-0.39, 0.29) is 6.61 Å². The Morgan fingerprint density at radius 2 is 1.88 bits per heavy atom. The lowest BCUT2D eigenvalue weighted by Crippen LogP contribution is -2.03. The minimum absolute atomic E-state index is 0.192. The van der Waals surface area contributed by atoms with E-state index in [9.17, 15) is 0 Å². The molecule has 0 radical (unpaired) electrons. The van der Waals surface area contributed by atoms with E-state index in [1.807, 2.05) is 6.07 Å². The third-order valence-electron chi connectivity index (χ3n) is 2.89. The van der Waals surface area contributed by atoms with Gasteiger partial charge in [-0.3, -0.25) is 0 Å². The Labute approximate surface area is 103 Å². The average Bonchev–Trinajstić information content (AvgIpc) is 2.34. The molecule has 1 N–H and O–H groups in total. The van der Waals surface area contributed by atoms with E-state index < -0.39 is 0 Å². The van der Waals surface area contributed by atoms with Crippen LogP contribution in [0.2, 0.25) is 0 Å². The first-order chi connectivity index (χ1) is 8.15. The number of benzene rings is 1. The molecule has 0 aliphatic carbocycles. The van der Waals surface area contributed by atoms with Gasteiger partial charge >= 0.3 is 0 Å². The second-order valence-corrected chi connectivity index (χ2v) is 4.35. The second-order valence-electron chi connectivity index (χ2n) is 4.35. The molecule has 0 aliphatic rings. The zero-order valence-electron chi connectivity index (χ0n) is 11.1. The van der Waals surface area contributed by atoms with Gasteiger partial charge in [-0.25, -0.2) is 0 Å². The van der Waals surface area contributed by atoms with Crippen molar-refractivity contribution in [2.45, 2.75) is 32.6 Å². The molecule has 1 rings (SSSR count). The summed E-state index contributed by atoms with van der Waals surface area (Å²) in [5.74, 6) is 1.99. The van der Waals surface area contributed by atoms with Gasteiger partial charge in [0.25, 0.3) is 0 Å². The zero-order chi connectivity index (χ0) is 12.8. The Morgan fingerprint density at radius 1 is 1.18 bits per heavy atom. The highest BCUT2D eigenvalue weighted by Crippen LogP contribution is 2.37. The van der Waals surface area contributed by atoms with Crippen molar-refractivity contribution in [2.24, 2.45) is 0 Å². The molecule has 3 nitrogen and oxygen atoms in total. The van der Waals surface area contributed by atoms with Crippen LogP contribution in [0.25, 0.3) is 0 Å². The highest BCUT2D eigenvalue weighted by molar-refractivity contribution is 5.51. The third kappa shape index (κ3) is 3.13. The molecule has 0 saturated carbocycles. The lowest BCUT2D eigenvalue weighted by molar-refractivity contribution is 0.287. The van der Waals surface area contributed by atoms with E-state index in [1.54, 1.807) is 14.2 Å². The highest BCUT2D eigenvalue weighted by Gasteiger charge is 2.16. The van der Waals surface area contributed by atoms with Gasteiger partial charge in [-0.15, -0.1) is 0 Å². The topological polar surface area (TPSA) is 38.7 Å². The molecular weight excluding hydrogens is 216 g/mol. The SMILES string of the molecule is COc1ccc(C(C)C)c(CCCO)c1OC. The predicted molar refractivity (Wildman–Crippen MR) is 69.0 cm³/mol. The minimum atomic E-state index is 0.192. The molecule has 1 aromatic carbocycles. The lowest BCUT2D eigenvalue weighted by atomic mass is 9.93. The highest BCUT2D eigenvalue weighted by atomic mass is 16.5. The van der Waals surface area contributed by atoms with Gasteiger partial charge in [-0.05, 0) is 30.4 Å². The molecule has 0 atom stereocenters. The van der Waals surface area contributed by atoms with Gasteiger partial charge in [0.15, 0.2) is 11.5 Å². The van der Waals surface area contributed by atoms with Crippen molar-refractivity contribution in [3.63, 3.8) is 0 Å². The molecule has 3 heteroatoms. The Morgan fingerprint density at radius 3 is 2.35 bits per heavy atom. The van der Waals surface area contributed by atoms with Crippen LogP contribution in [0, 0.1) is 0 Å². The van der Waals surface area contributed by atoms with Gasteiger partial charge in [-0.1, -0.05) is 19.9 Å². The first-order valence-corrected chi connectivity index (χ1v) is 6.00. The van der Waals surface area contributed by atoms with Crippen molar-refractivity contribution in [1.82, 2.24) is 0 Å². The Bertz CT molecular complexity index is 359. The molecule has 17 heavy (non-hydrogen) atoms. The lowest BCUT2D eigenvalue weighted by Gasteiger charge is -2.18. The summed E-state index contributed by atoms with van der Waals surface area (Å²) in [4.78, 5) is 0. The van der Waals surface area contributed by atoms with E-state index in [0.29, 0.717) is 5.92 Å². The molecule has 96 valence electrons. The summed E-state index contributed by atoms with van der Waals surface area (Å²) in [5.41, 5.74) is 2.41. The van der Waals surface area contributed by atoms with Crippen molar-refractivity contribution in [3.05, 3.63) is 23.3 Å². The summed E-state index contributed by atoms with van der Waals surface area (Å²) in [7, 11) is 3.30. The molecule has 0 unspecified atom stereocenters. The summed E-state index contributed by atoms with van der Waals surface area (Å²) >= 11 is 0. The molecule has 1 aromatic rings. The Hall–Kier alpha value is -1.22. The number of aliphatic hydroxyl groups is 1. The normalized spacial score (nSPS) is 10.7. The molecule has 0 spiro atoms. The zero-order valence-corrected chi connectivity index (χ0v) is 11.1. The Kier molecular flexibility index (Phi) is 5.29. The van der Waals surface area contributed by atoms with Crippen LogP contribution in [0.5, 0.6) is 11.5 Å². The van der Waals surface area contributed by atoms with Gasteiger partial charge in [0.2, 0.25) is 0 Å². The summed E-state index contributed by atoms with van der Waals surface area (Å²) in [5, 5.41) is 8.98. The van der Waals surface area contributed by atoms with Crippen LogP contribution in [0.15, 0.2) is 12.1 Å². The molecule has 0 heterocycles. The molecule has 0 aromatic heterocycles. The number of methoxy groups -OCH3 is 2. The maximum Gasteiger partial charge on any atom is 0.164 e. The van der Waals surface area contributed by atoms with Crippen LogP contribution in [0.1, 0.15) is 37.3 Å². The fraction of sp³-hybridized carbons (Fsp3) is 0.571. The molecular formula is C14H22O3. The van der Waals surface area contributed by atoms with Crippen LogP contribution in [-0.2, 0) is 6.42 Å². The maximum atomic E-state index is 8.98. The smallest absolute Gasteiger partial charge is 0.164 e. The van der Waals surface area contributed by atoms with Crippen LogP contribution in [-0.4, -0.2) is 25.9 Å². The summed E-state index contributed by atoms with van der Waals surface area (Å²) in [6, 6.07) is 4.02. The van der Waals surface area contributed by atoms with Crippen LogP contribution in [0.3, 0.4) is 0 Å². The molecule has 0 amide bonds. The first-order valence-electron chi connectivity index (χ1n) is 6.00. The number of hydrogen-bond acceptors (Lipinski definition) is 3. The summed E-state index contributed by atoms with van der Waals surface area (Å²) in [6.07, 6.45) is 1.55. The van der Waals surface area contributed by atoms with Gasteiger partial charge in [-0.2, -0.15) is 0 Å². The summed E-state index contributed by atoms with van der Waals surface area (Å²) < 4.78 is 10.8. The monoisotopic (exact) mass is 238 g/mol. The van der Waals surface area contributed by atoms with Crippen LogP contribution >= 0.6 is 0 Å². The van der Waals surface area contributed by atoms with Gasteiger partial charge in [0.05, 0.1) is 14.2 Å². The number of ether oxygens (including phenoxy) is 2. The van der Waals surface area contributed by atoms with E-state index >= 15 is 0 Å². The fourth-order valence-corrected chi connectivity index (χ4v) is 2.06. The van der Waals surface area contributed by atoms with E-state index in [1.165, 1.54) is 5.56 Å². The first kappa shape index (κ1) is 13.8. The number of aliphatic hydroxyl groups excluding tert-OH is 1. The van der Waals surface area contributed by atoms with Crippen molar-refractivity contribution >= 4 is 0 Å². The van der Waals surface area contributed by atoms with Crippen LogP contribution in [0.4, 0.5) is 0 Å². The van der Waals surface area contributed by atoms with Crippen molar-refractivity contribution in [1.29, 1.82) is 0 Å². The predicted octanol–water partition coefficient (Wildman–Crippen LogP) is 2.75. The largest absolute Gasteiger partial charge is 0.493 e. The van der Waals surface area contributed by atoms with Gasteiger partial charge in [0, 0.05) is 12.2 Å². The van der Waals surface area contributed by atoms with Crippen molar-refractivity contribution < 1.29 is 14.6 Å². The van der Waals surface area contributed by atoms with E-state index in [2.05, 4.69) is 19.9 Å². The third-order valence-corrected chi connectivity index (χ3v) is 2.89. The van der Waals surface area contributed by atoms with Crippen molar-refractivity contribution in [3.8, 4) is 11.5 Å². The number of hydrogen-bond donors (Lipinski definition) is 1. The maximum absolute atomic E-state index is 8.98. The standard InChI is InChI=1S/C14H22O3/c1-10(2)11-7-8-13(16-3)14(17-4)12(11)6-5-9-15/h7-8,10,15H,5-6,9H2,1-4H3. The molecule has 0 aliphatic heterocycles. The van der Waals surface area contributed by atoms with E-state index in [4.69, 9.17) is 14.6 Å². The van der Waals surface area contributed by atoms with Gasteiger partial charge < -0.3 is 14.6 Å².